The molecule has 1 aromatic carbocycles. The van der Waals surface area contributed by atoms with Gasteiger partial charge in [-0.2, -0.15) is 13.2 Å². The molecule has 0 unspecified atom stereocenters. The highest BCUT2D eigenvalue weighted by atomic mass is 28.3. The molecular weight excluding hydrogens is 305 g/mol. The molecule has 1 aliphatic rings. The van der Waals surface area contributed by atoms with E-state index in [4.69, 9.17) is 0 Å². The van der Waals surface area contributed by atoms with E-state index in [9.17, 15) is 18.3 Å². The van der Waals surface area contributed by atoms with E-state index in [1.165, 1.54) is 5.70 Å². The highest BCUT2D eigenvalue weighted by Crippen LogP contribution is 2.42. The van der Waals surface area contributed by atoms with Gasteiger partial charge in [0.05, 0.1) is 11.2 Å². The first-order valence-electron chi connectivity index (χ1n) is 7.74. The van der Waals surface area contributed by atoms with Crippen LogP contribution in [0.4, 0.5) is 13.2 Å². The van der Waals surface area contributed by atoms with Crippen LogP contribution in [0.25, 0.3) is 0 Å². The van der Waals surface area contributed by atoms with Gasteiger partial charge >= 0.3 is 6.18 Å². The minimum Gasteiger partial charge on any atom is -0.385 e. The van der Waals surface area contributed by atoms with E-state index in [2.05, 4.69) is 0 Å². The number of aliphatic hydroxyl groups is 1. The quantitative estimate of drug-likeness (QED) is 0.819. The molecule has 0 heterocycles. The molecule has 1 aromatic rings. The Morgan fingerprint density at radius 2 is 1.64 bits per heavy atom. The second-order valence-electron chi connectivity index (χ2n) is 6.74. The summed E-state index contributed by atoms with van der Waals surface area (Å²) in [6.07, 6.45) is -1.87. The summed E-state index contributed by atoms with van der Waals surface area (Å²) in [4.78, 5) is 0. The van der Waals surface area contributed by atoms with Gasteiger partial charge in [-0.15, -0.1) is 0 Å². The molecule has 2 rings (SSSR count). The van der Waals surface area contributed by atoms with Crippen LogP contribution in [0.3, 0.4) is 0 Å². The Balaban J connectivity index is 2.45. The predicted molar refractivity (Wildman–Crippen MR) is 85.7 cm³/mol. The zero-order chi connectivity index (χ0) is 16.4. The summed E-state index contributed by atoms with van der Waals surface area (Å²) < 4.78 is 40.8. The molecular formula is C17H23F3OSi. The van der Waals surface area contributed by atoms with Gasteiger partial charge in [0.15, 0.2) is 0 Å². The SMILES string of the molecule is C[Si](C)(/C=C(\C(F)(F)F)C1(O)CCCCC1)c1ccccc1. The summed E-state index contributed by atoms with van der Waals surface area (Å²) in [5.74, 6) is 0. The normalized spacial score (nSPS) is 20.0. The van der Waals surface area contributed by atoms with E-state index >= 15 is 0 Å². The van der Waals surface area contributed by atoms with Gasteiger partial charge in [0.2, 0.25) is 0 Å². The maximum atomic E-state index is 13.6. The van der Waals surface area contributed by atoms with Gasteiger partial charge in [-0.1, -0.05) is 73.6 Å². The van der Waals surface area contributed by atoms with Crippen molar-refractivity contribution in [3.05, 3.63) is 41.6 Å². The molecule has 0 aliphatic heterocycles. The van der Waals surface area contributed by atoms with E-state index in [1.54, 1.807) is 0 Å². The third kappa shape index (κ3) is 3.82. The Morgan fingerprint density at radius 1 is 1.09 bits per heavy atom. The first kappa shape index (κ1) is 17.3. The summed E-state index contributed by atoms with van der Waals surface area (Å²) in [5, 5.41) is 11.6. The molecule has 22 heavy (non-hydrogen) atoms. The van der Waals surface area contributed by atoms with Crippen LogP contribution in [0, 0.1) is 0 Å². The number of alkyl halides is 3. The van der Waals surface area contributed by atoms with Gasteiger partial charge in [0.25, 0.3) is 0 Å². The minimum absolute atomic E-state index is 0.206. The Labute approximate surface area is 130 Å². The monoisotopic (exact) mass is 328 g/mol. The summed E-state index contributed by atoms with van der Waals surface area (Å²) in [6, 6.07) is 9.31. The van der Waals surface area contributed by atoms with E-state index in [0.29, 0.717) is 12.8 Å². The van der Waals surface area contributed by atoms with E-state index < -0.39 is 25.4 Å². The third-order valence-electron chi connectivity index (χ3n) is 4.51. The van der Waals surface area contributed by atoms with Crippen molar-refractivity contribution < 1.29 is 18.3 Å². The molecule has 0 radical (unpaired) electrons. The topological polar surface area (TPSA) is 20.2 Å². The van der Waals surface area contributed by atoms with Crippen molar-refractivity contribution in [1.29, 1.82) is 0 Å². The van der Waals surface area contributed by atoms with Crippen molar-refractivity contribution in [1.82, 2.24) is 0 Å². The van der Waals surface area contributed by atoms with Crippen LogP contribution in [0.2, 0.25) is 13.1 Å². The summed E-state index contributed by atoms with van der Waals surface area (Å²) in [7, 11) is -2.43. The maximum Gasteiger partial charge on any atom is 0.414 e. The van der Waals surface area contributed by atoms with Crippen molar-refractivity contribution in [3.63, 3.8) is 0 Å². The molecule has 1 saturated carbocycles. The largest absolute Gasteiger partial charge is 0.414 e. The fourth-order valence-corrected chi connectivity index (χ4v) is 5.57. The fourth-order valence-electron chi connectivity index (χ4n) is 3.20. The zero-order valence-electron chi connectivity index (χ0n) is 13.1. The van der Waals surface area contributed by atoms with Crippen molar-refractivity contribution in [2.24, 2.45) is 0 Å². The van der Waals surface area contributed by atoms with Crippen LogP contribution in [0.15, 0.2) is 41.6 Å². The number of benzene rings is 1. The lowest BCUT2D eigenvalue weighted by Crippen LogP contribution is -2.46. The molecule has 1 nitrogen and oxygen atoms in total. The van der Waals surface area contributed by atoms with E-state index in [1.807, 2.05) is 43.4 Å². The van der Waals surface area contributed by atoms with Crippen LogP contribution in [0.5, 0.6) is 0 Å². The van der Waals surface area contributed by atoms with E-state index in [-0.39, 0.29) is 12.8 Å². The number of rotatable bonds is 3. The molecule has 0 atom stereocenters. The van der Waals surface area contributed by atoms with Crippen LogP contribution < -0.4 is 5.19 Å². The van der Waals surface area contributed by atoms with Crippen LogP contribution in [-0.2, 0) is 0 Å². The molecule has 0 spiro atoms. The average molecular weight is 328 g/mol. The van der Waals surface area contributed by atoms with Crippen LogP contribution in [-0.4, -0.2) is 25.0 Å². The predicted octanol–water partition coefficient (Wildman–Crippen LogP) is 4.33. The van der Waals surface area contributed by atoms with Gasteiger partial charge in [0.1, 0.15) is 8.07 Å². The molecule has 5 heteroatoms. The third-order valence-corrected chi connectivity index (χ3v) is 7.34. The Hall–Kier alpha value is -1.07. The fraction of sp³-hybridized carbons (Fsp3) is 0.529. The molecule has 1 aliphatic carbocycles. The number of hydrogen-bond donors (Lipinski definition) is 1. The summed E-state index contributed by atoms with van der Waals surface area (Å²) >= 11 is 0. The molecule has 1 fully saturated rings. The molecule has 0 saturated heterocycles. The molecule has 0 bridgehead atoms. The first-order valence-corrected chi connectivity index (χ1v) is 10.8. The molecule has 122 valence electrons. The number of halogens is 3. The summed E-state index contributed by atoms with van der Waals surface area (Å²) in [5.41, 5.74) is -1.08. The van der Waals surface area contributed by atoms with Gasteiger partial charge in [-0.25, -0.2) is 0 Å². The summed E-state index contributed by atoms with van der Waals surface area (Å²) in [6.45, 7) is 3.78. The Morgan fingerprint density at radius 3 is 2.14 bits per heavy atom. The van der Waals surface area contributed by atoms with Gasteiger partial charge in [0, 0.05) is 0 Å². The smallest absolute Gasteiger partial charge is 0.385 e. The average Bonchev–Trinajstić information content (AvgIpc) is 2.45. The van der Waals surface area contributed by atoms with Crippen molar-refractivity contribution >= 4 is 13.3 Å². The molecule has 1 N–H and O–H groups in total. The minimum atomic E-state index is -4.48. The van der Waals surface area contributed by atoms with Crippen LogP contribution >= 0.6 is 0 Å². The first-order chi connectivity index (χ1) is 10.2. The van der Waals surface area contributed by atoms with E-state index in [0.717, 1.165) is 11.6 Å². The molecule has 0 aromatic heterocycles. The Kier molecular flexibility index (Phi) is 4.87. The lowest BCUT2D eigenvalue weighted by molar-refractivity contribution is -0.125. The number of hydrogen-bond acceptors (Lipinski definition) is 1. The van der Waals surface area contributed by atoms with Gasteiger partial charge < -0.3 is 5.11 Å². The van der Waals surface area contributed by atoms with Crippen molar-refractivity contribution in [2.75, 3.05) is 0 Å². The second kappa shape index (κ2) is 6.20. The van der Waals surface area contributed by atoms with Gasteiger partial charge in [-0.3, -0.25) is 0 Å². The van der Waals surface area contributed by atoms with Gasteiger partial charge in [-0.05, 0) is 12.8 Å². The van der Waals surface area contributed by atoms with Crippen molar-refractivity contribution in [2.45, 2.75) is 57.0 Å². The highest BCUT2D eigenvalue weighted by Gasteiger charge is 2.48. The zero-order valence-corrected chi connectivity index (χ0v) is 14.1. The second-order valence-corrected chi connectivity index (χ2v) is 11.0. The highest BCUT2D eigenvalue weighted by molar-refractivity contribution is 6.94. The van der Waals surface area contributed by atoms with Crippen molar-refractivity contribution in [3.8, 4) is 0 Å². The maximum absolute atomic E-state index is 13.6. The molecule has 0 amide bonds. The lowest BCUT2D eigenvalue weighted by atomic mass is 9.79. The van der Waals surface area contributed by atoms with Crippen LogP contribution in [0.1, 0.15) is 32.1 Å². The Bertz CT molecular complexity index is 529. The standard InChI is InChI=1S/C17H23F3OSi/c1-22(2,14-9-5-3-6-10-14)13-15(17(18,19)20)16(21)11-7-4-8-12-16/h3,5-6,9-10,13,21H,4,7-8,11-12H2,1-2H3/b15-13-. The lowest BCUT2D eigenvalue weighted by Gasteiger charge is -2.37.